The maximum Gasteiger partial charge on any atom is 0.308 e. The number of isocyanates is 1. The Morgan fingerprint density at radius 2 is 1.30 bits per heavy atom. The van der Waals surface area contributed by atoms with Crippen LogP contribution in [0.2, 0.25) is 0 Å². The van der Waals surface area contributed by atoms with E-state index in [9.17, 15) is 14.4 Å². The maximum absolute atomic E-state index is 11.6. The van der Waals surface area contributed by atoms with Gasteiger partial charge in [-0.15, -0.1) is 0 Å². The van der Waals surface area contributed by atoms with Crippen LogP contribution in [-0.4, -0.2) is 35.3 Å². The lowest BCUT2D eigenvalue weighted by atomic mass is 10.1. The SMILES string of the molecule is CC(C)(C)OC(=O)CC(CC(=O)OC(C)(C)C)N=C=O. The first-order valence-electron chi connectivity index (χ1n) is 6.43. The van der Waals surface area contributed by atoms with Crippen LogP contribution in [0, 0.1) is 0 Å². The number of carbonyl (C=O) groups is 2. The minimum Gasteiger partial charge on any atom is -0.460 e. The minimum absolute atomic E-state index is 0.161. The first-order chi connectivity index (χ1) is 8.93. The predicted octanol–water partition coefficient (Wildman–Crippen LogP) is 2.15. The van der Waals surface area contributed by atoms with Gasteiger partial charge in [0.2, 0.25) is 6.08 Å². The summed E-state index contributed by atoms with van der Waals surface area (Å²) in [7, 11) is 0. The molecule has 6 nitrogen and oxygen atoms in total. The molecule has 0 aliphatic carbocycles. The number of aliphatic imine (C=N–C) groups is 1. The van der Waals surface area contributed by atoms with E-state index >= 15 is 0 Å². The standard InChI is InChI=1S/C14H23NO5/c1-13(2,3)19-11(17)7-10(15-9-16)8-12(18)20-14(4,5)6/h10H,7-8H2,1-6H3. The van der Waals surface area contributed by atoms with Gasteiger partial charge in [0.1, 0.15) is 11.2 Å². The summed E-state index contributed by atoms with van der Waals surface area (Å²) in [6.07, 6.45) is 1.04. The molecule has 0 aliphatic heterocycles. The summed E-state index contributed by atoms with van der Waals surface area (Å²) in [6, 6.07) is -0.808. The first kappa shape index (κ1) is 18.3. The molecule has 0 heterocycles. The molecule has 0 saturated carbocycles. The molecule has 0 atom stereocenters. The molecule has 0 spiro atoms. The van der Waals surface area contributed by atoms with Gasteiger partial charge in [-0.2, -0.15) is 0 Å². The smallest absolute Gasteiger partial charge is 0.308 e. The molecule has 114 valence electrons. The van der Waals surface area contributed by atoms with Crippen molar-refractivity contribution in [3.8, 4) is 0 Å². The average Bonchev–Trinajstić information content (AvgIpc) is 2.10. The van der Waals surface area contributed by atoms with Crippen molar-refractivity contribution in [2.45, 2.75) is 71.6 Å². The van der Waals surface area contributed by atoms with Gasteiger partial charge in [0, 0.05) is 0 Å². The van der Waals surface area contributed by atoms with Crippen LogP contribution in [-0.2, 0) is 23.9 Å². The van der Waals surface area contributed by atoms with Crippen LogP contribution in [0.3, 0.4) is 0 Å². The minimum atomic E-state index is -0.808. The number of hydrogen-bond donors (Lipinski definition) is 0. The highest BCUT2D eigenvalue weighted by molar-refractivity contribution is 5.74. The predicted molar refractivity (Wildman–Crippen MR) is 72.8 cm³/mol. The van der Waals surface area contributed by atoms with E-state index < -0.39 is 29.2 Å². The van der Waals surface area contributed by atoms with Crippen LogP contribution in [0.15, 0.2) is 4.99 Å². The number of esters is 2. The molecule has 0 amide bonds. The second-order valence-electron chi connectivity index (χ2n) is 6.46. The maximum atomic E-state index is 11.6. The van der Waals surface area contributed by atoms with Crippen molar-refractivity contribution < 1.29 is 23.9 Å². The number of hydrogen-bond acceptors (Lipinski definition) is 6. The fourth-order valence-corrected chi connectivity index (χ4v) is 1.39. The van der Waals surface area contributed by atoms with Crippen molar-refractivity contribution in [3.05, 3.63) is 0 Å². The van der Waals surface area contributed by atoms with Crippen LogP contribution >= 0.6 is 0 Å². The summed E-state index contributed by atoms with van der Waals surface area (Å²) < 4.78 is 10.2. The molecule has 0 aromatic carbocycles. The quantitative estimate of drug-likeness (QED) is 0.439. The third-order valence-electron chi connectivity index (χ3n) is 1.88. The summed E-state index contributed by atoms with van der Waals surface area (Å²) >= 11 is 0. The summed E-state index contributed by atoms with van der Waals surface area (Å²) in [4.78, 5) is 37.1. The van der Waals surface area contributed by atoms with Crippen LogP contribution < -0.4 is 0 Å². The molecule has 0 N–H and O–H groups in total. The Morgan fingerprint density at radius 1 is 0.950 bits per heavy atom. The lowest BCUT2D eigenvalue weighted by Gasteiger charge is -2.22. The van der Waals surface area contributed by atoms with Crippen molar-refractivity contribution in [2.75, 3.05) is 0 Å². The molecular weight excluding hydrogens is 262 g/mol. The average molecular weight is 285 g/mol. The van der Waals surface area contributed by atoms with Gasteiger partial charge >= 0.3 is 11.9 Å². The highest BCUT2D eigenvalue weighted by Gasteiger charge is 2.24. The number of rotatable bonds is 5. The van der Waals surface area contributed by atoms with E-state index in [1.807, 2.05) is 0 Å². The third kappa shape index (κ3) is 10.3. The molecule has 20 heavy (non-hydrogen) atoms. The van der Waals surface area contributed by atoms with Gasteiger partial charge in [0.25, 0.3) is 0 Å². The summed E-state index contributed by atoms with van der Waals surface area (Å²) in [5, 5.41) is 0. The Labute approximate surface area is 119 Å². The van der Waals surface area contributed by atoms with Crippen LogP contribution in [0.1, 0.15) is 54.4 Å². The van der Waals surface area contributed by atoms with Gasteiger partial charge in [0.15, 0.2) is 0 Å². The topological polar surface area (TPSA) is 82.0 Å². The molecule has 0 fully saturated rings. The Morgan fingerprint density at radius 3 is 1.55 bits per heavy atom. The lowest BCUT2D eigenvalue weighted by molar-refractivity contribution is -0.157. The fraction of sp³-hybridized carbons (Fsp3) is 0.786. The van der Waals surface area contributed by atoms with Gasteiger partial charge in [0.05, 0.1) is 18.9 Å². The molecule has 0 unspecified atom stereocenters. The lowest BCUT2D eigenvalue weighted by Crippen LogP contribution is -2.29. The number of nitrogens with zero attached hydrogens (tertiary/aromatic N) is 1. The van der Waals surface area contributed by atoms with Gasteiger partial charge in [-0.25, -0.2) is 9.79 Å². The highest BCUT2D eigenvalue weighted by Crippen LogP contribution is 2.14. The first-order valence-corrected chi connectivity index (χ1v) is 6.43. The fourth-order valence-electron chi connectivity index (χ4n) is 1.39. The van der Waals surface area contributed by atoms with Crippen LogP contribution in [0.25, 0.3) is 0 Å². The van der Waals surface area contributed by atoms with Crippen molar-refractivity contribution >= 4 is 18.0 Å². The van der Waals surface area contributed by atoms with Crippen molar-refractivity contribution in [3.63, 3.8) is 0 Å². The Hall–Kier alpha value is -1.68. The van der Waals surface area contributed by atoms with Crippen LogP contribution in [0.5, 0.6) is 0 Å². The summed E-state index contributed by atoms with van der Waals surface area (Å²) in [5.41, 5.74) is -1.25. The second kappa shape index (κ2) is 7.20. The summed E-state index contributed by atoms with van der Waals surface area (Å²) in [5.74, 6) is -1.05. The number of ether oxygens (including phenoxy) is 2. The molecule has 0 aromatic rings. The van der Waals surface area contributed by atoms with Crippen molar-refractivity contribution in [1.29, 1.82) is 0 Å². The van der Waals surface area contributed by atoms with Gasteiger partial charge < -0.3 is 9.47 Å². The third-order valence-corrected chi connectivity index (χ3v) is 1.88. The summed E-state index contributed by atoms with van der Waals surface area (Å²) in [6.45, 7) is 10.4. The molecule has 0 aromatic heterocycles. The molecular formula is C14H23NO5. The van der Waals surface area contributed by atoms with Crippen molar-refractivity contribution in [1.82, 2.24) is 0 Å². The zero-order valence-corrected chi connectivity index (χ0v) is 13.0. The van der Waals surface area contributed by atoms with Crippen molar-refractivity contribution in [2.24, 2.45) is 4.99 Å². The Bertz CT molecular complexity index is 367. The van der Waals surface area contributed by atoms with Crippen LogP contribution in [0.4, 0.5) is 0 Å². The van der Waals surface area contributed by atoms with E-state index in [0.717, 1.165) is 0 Å². The molecule has 0 saturated heterocycles. The highest BCUT2D eigenvalue weighted by atomic mass is 16.6. The molecule has 0 aliphatic rings. The van der Waals surface area contributed by atoms with E-state index in [1.165, 1.54) is 6.08 Å². The zero-order valence-electron chi connectivity index (χ0n) is 13.0. The zero-order chi connectivity index (χ0) is 16.0. The number of carbonyl (C=O) groups excluding carboxylic acids is 3. The van der Waals surface area contributed by atoms with E-state index in [2.05, 4.69) is 4.99 Å². The monoisotopic (exact) mass is 285 g/mol. The Kier molecular flexibility index (Phi) is 6.59. The van der Waals surface area contributed by atoms with E-state index in [-0.39, 0.29) is 12.8 Å². The van der Waals surface area contributed by atoms with Gasteiger partial charge in [-0.3, -0.25) is 9.59 Å². The molecule has 6 heteroatoms. The molecule has 0 rings (SSSR count). The Balaban J connectivity index is 4.55. The van der Waals surface area contributed by atoms with Gasteiger partial charge in [-0.05, 0) is 41.5 Å². The van der Waals surface area contributed by atoms with Gasteiger partial charge in [-0.1, -0.05) is 0 Å². The largest absolute Gasteiger partial charge is 0.460 e. The van der Waals surface area contributed by atoms with E-state index in [4.69, 9.17) is 9.47 Å². The van der Waals surface area contributed by atoms with E-state index in [1.54, 1.807) is 41.5 Å². The molecule has 0 bridgehead atoms. The van der Waals surface area contributed by atoms with E-state index in [0.29, 0.717) is 0 Å². The molecule has 0 radical (unpaired) electrons. The normalized spacial score (nSPS) is 11.8. The second-order valence-corrected chi connectivity index (χ2v) is 6.46.